The van der Waals surface area contributed by atoms with Gasteiger partial charge in [0.15, 0.2) is 0 Å². The Morgan fingerprint density at radius 1 is 0.722 bits per heavy atom. The van der Waals surface area contributed by atoms with Gasteiger partial charge in [-0.15, -0.1) is 37.2 Å². The van der Waals surface area contributed by atoms with Crippen molar-refractivity contribution in [3.63, 3.8) is 0 Å². The first-order valence-corrected chi connectivity index (χ1v) is 11.6. The summed E-state index contributed by atoms with van der Waals surface area (Å²) >= 11 is 0. The van der Waals surface area contributed by atoms with Crippen molar-refractivity contribution in [1.82, 2.24) is 19.8 Å². The van der Waals surface area contributed by atoms with Gasteiger partial charge in [0.25, 0.3) is 0 Å². The van der Waals surface area contributed by atoms with Crippen molar-refractivity contribution in [3.05, 3.63) is 114 Å². The number of aliphatic hydroxyl groups excluding tert-OH is 1. The number of benzene rings is 3. The molecule has 1 atom stereocenters. The highest BCUT2D eigenvalue weighted by atomic mass is 35.5. The standard InChI is InChI=1S/C28H30N4O.3ClH/c33-26(25-20-29-28(30-25)24-14-8-3-9-15-24)21-31-16-18-32(19-17-31)27(22-10-4-1-5-11-22)23-12-6-2-7-13-23;;;/h1-15,20,26-27,33H,16-19,21H2,(H,29,30);3*1H. The first-order chi connectivity index (χ1) is 16.3. The van der Waals surface area contributed by atoms with Crippen LogP contribution in [0, 0.1) is 0 Å². The number of rotatable bonds is 7. The van der Waals surface area contributed by atoms with Crippen molar-refractivity contribution in [3.8, 4) is 11.4 Å². The van der Waals surface area contributed by atoms with Crippen molar-refractivity contribution >= 4 is 37.2 Å². The molecular formula is C28H33Cl3N4O. The fourth-order valence-corrected chi connectivity index (χ4v) is 4.68. The molecule has 1 aliphatic heterocycles. The zero-order valence-corrected chi connectivity index (χ0v) is 22.4. The Morgan fingerprint density at radius 2 is 1.22 bits per heavy atom. The van der Waals surface area contributed by atoms with Crippen LogP contribution in [-0.2, 0) is 0 Å². The van der Waals surface area contributed by atoms with Gasteiger partial charge < -0.3 is 10.1 Å². The molecule has 1 fully saturated rings. The number of β-amino-alcohol motifs (C(OH)–C–C–N with tert-alkyl or cyclic N) is 1. The minimum Gasteiger partial charge on any atom is -0.385 e. The topological polar surface area (TPSA) is 55.4 Å². The van der Waals surface area contributed by atoms with Gasteiger partial charge in [-0.3, -0.25) is 9.80 Å². The lowest BCUT2D eigenvalue weighted by Gasteiger charge is -2.40. The molecule has 0 aliphatic carbocycles. The van der Waals surface area contributed by atoms with Gasteiger partial charge in [-0.1, -0.05) is 91.0 Å². The van der Waals surface area contributed by atoms with E-state index in [2.05, 4.69) is 80.4 Å². The summed E-state index contributed by atoms with van der Waals surface area (Å²) in [6.45, 7) is 4.37. The number of imidazole rings is 1. The van der Waals surface area contributed by atoms with E-state index in [0.29, 0.717) is 6.54 Å². The highest BCUT2D eigenvalue weighted by molar-refractivity contribution is 5.86. The molecule has 5 nitrogen and oxygen atoms in total. The minimum atomic E-state index is -0.583. The number of nitrogens with zero attached hydrogens (tertiary/aromatic N) is 3. The molecule has 2 N–H and O–H groups in total. The van der Waals surface area contributed by atoms with E-state index in [1.807, 2.05) is 30.3 Å². The number of H-pyrrole nitrogens is 1. The molecule has 1 unspecified atom stereocenters. The first-order valence-electron chi connectivity index (χ1n) is 11.6. The second-order valence-electron chi connectivity index (χ2n) is 8.63. The van der Waals surface area contributed by atoms with E-state index in [9.17, 15) is 5.11 Å². The van der Waals surface area contributed by atoms with E-state index in [-0.39, 0.29) is 43.3 Å². The maximum atomic E-state index is 10.8. The van der Waals surface area contributed by atoms with Crippen LogP contribution in [0.2, 0.25) is 0 Å². The predicted molar refractivity (Wildman–Crippen MR) is 153 cm³/mol. The second-order valence-corrected chi connectivity index (χ2v) is 8.63. The third kappa shape index (κ3) is 7.10. The Kier molecular flexibility index (Phi) is 11.9. The van der Waals surface area contributed by atoms with Gasteiger partial charge in [-0.2, -0.15) is 0 Å². The largest absolute Gasteiger partial charge is 0.385 e. The molecule has 1 aromatic heterocycles. The Hall–Kier alpha value is -2.38. The molecular weight excluding hydrogens is 515 g/mol. The molecule has 0 spiro atoms. The molecule has 5 rings (SSSR count). The second kappa shape index (κ2) is 14.4. The van der Waals surface area contributed by atoms with Crippen LogP contribution in [0.15, 0.2) is 97.2 Å². The van der Waals surface area contributed by atoms with Gasteiger partial charge in [-0.05, 0) is 11.1 Å². The van der Waals surface area contributed by atoms with Crippen LogP contribution in [0.3, 0.4) is 0 Å². The highest BCUT2D eigenvalue weighted by Crippen LogP contribution is 2.29. The number of hydrogen-bond donors (Lipinski definition) is 2. The lowest BCUT2D eigenvalue weighted by Crippen LogP contribution is -2.48. The summed E-state index contributed by atoms with van der Waals surface area (Å²) in [7, 11) is 0. The van der Waals surface area contributed by atoms with Gasteiger partial charge in [0, 0.05) is 38.3 Å². The predicted octanol–water partition coefficient (Wildman–Crippen LogP) is 5.78. The molecule has 0 amide bonds. The number of nitrogens with one attached hydrogen (secondary N) is 1. The number of aromatic nitrogens is 2. The summed E-state index contributed by atoms with van der Waals surface area (Å²) < 4.78 is 0. The van der Waals surface area contributed by atoms with Crippen molar-refractivity contribution in [1.29, 1.82) is 0 Å². The van der Waals surface area contributed by atoms with Crippen LogP contribution < -0.4 is 0 Å². The minimum absolute atomic E-state index is 0. The van der Waals surface area contributed by atoms with Crippen LogP contribution in [0.25, 0.3) is 11.4 Å². The van der Waals surface area contributed by atoms with E-state index < -0.39 is 6.10 Å². The fourth-order valence-electron chi connectivity index (χ4n) is 4.68. The van der Waals surface area contributed by atoms with E-state index >= 15 is 0 Å². The summed E-state index contributed by atoms with van der Waals surface area (Å²) in [5, 5.41) is 10.8. The first kappa shape index (κ1) is 29.8. The van der Waals surface area contributed by atoms with Gasteiger partial charge >= 0.3 is 0 Å². The van der Waals surface area contributed by atoms with Gasteiger partial charge in [0.2, 0.25) is 0 Å². The van der Waals surface area contributed by atoms with E-state index in [0.717, 1.165) is 43.3 Å². The average molecular weight is 548 g/mol. The molecule has 0 bridgehead atoms. The summed E-state index contributed by atoms with van der Waals surface area (Å²) in [5.41, 5.74) is 4.44. The summed E-state index contributed by atoms with van der Waals surface area (Å²) in [6, 6.07) is 31.7. The Bertz CT molecular complexity index is 1100. The lowest BCUT2D eigenvalue weighted by atomic mass is 9.96. The number of halogens is 3. The Labute approximate surface area is 231 Å². The molecule has 4 aromatic rings. The molecule has 1 aliphatic rings. The van der Waals surface area contributed by atoms with Crippen LogP contribution in [-0.4, -0.2) is 57.6 Å². The molecule has 8 heteroatoms. The number of hydrogen-bond acceptors (Lipinski definition) is 4. The molecule has 192 valence electrons. The van der Waals surface area contributed by atoms with E-state index in [1.165, 1.54) is 11.1 Å². The lowest BCUT2D eigenvalue weighted by molar-refractivity contribution is 0.0608. The Morgan fingerprint density at radius 3 is 1.75 bits per heavy atom. The van der Waals surface area contributed by atoms with Crippen molar-refractivity contribution in [2.24, 2.45) is 0 Å². The fraction of sp³-hybridized carbons (Fsp3) is 0.250. The van der Waals surface area contributed by atoms with Crippen molar-refractivity contribution in [2.45, 2.75) is 12.1 Å². The quantitative estimate of drug-likeness (QED) is 0.308. The summed E-state index contributed by atoms with van der Waals surface area (Å²) in [5.74, 6) is 0.794. The SMILES string of the molecule is Cl.Cl.Cl.OC(CN1CCN(C(c2ccccc2)c2ccccc2)CC1)c1cnc(-c2ccccc2)[nH]1. The summed E-state index contributed by atoms with van der Waals surface area (Å²) in [6.07, 6.45) is 1.17. The molecule has 1 saturated heterocycles. The average Bonchev–Trinajstić information content (AvgIpc) is 3.38. The third-order valence-corrected chi connectivity index (χ3v) is 6.44. The van der Waals surface area contributed by atoms with Crippen LogP contribution in [0.4, 0.5) is 0 Å². The molecule has 0 saturated carbocycles. The number of piperazine rings is 1. The molecule has 36 heavy (non-hydrogen) atoms. The molecule has 0 radical (unpaired) electrons. The van der Waals surface area contributed by atoms with Gasteiger partial charge in [0.05, 0.1) is 17.9 Å². The molecule has 2 heterocycles. The summed E-state index contributed by atoms with van der Waals surface area (Å²) in [4.78, 5) is 12.6. The smallest absolute Gasteiger partial charge is 0.137 e. The van der Waals surface area contributed by atoms with Crippen molar-refractivity contribution < 1.29 is 5.11 Å². The normalized spacial score (nSPS) is 14.8. The van der Waals surface area contributed by atoms with E-state index in [1.54, 1.807) is 6.20 Å². The van der Waals surface area contributed by atoms with E-state index in [4.69, 9.17) is 0 Å². The maximum Gasteiger partial charge on any atom is 0.137 e. The maximum absolute atomic E-state index is 10.8. The number of aromatic amines is 1. The third-order valence-electron chi connectivity index (χ3n) is 6.44. The Balaban J connectivity index is 0.00000152. The number of aliphatic hydroxyl groups is 1. The van der Waals surface area contributed by atoms with Crippen LogP contribution >= 0.6 is 37.2 Å². The monoisotopic (exact) mass is 546 g/mol. The van der Waals surface area contributed by atoms with Gasteiger partial charge in [0.1, 0.15) is 11.9 Å². The molecule has 3 aromatic carbocycles. The zero-order chi connectivity index (χ0) is 22.5. The van der Waals surface area contributed by atoms with Crippen LogP contribution in [0.5, 0.6) is 0 Å². The van der Waals surface area contributed by atoms with Crippen molar-refractivity contribution in [2.75, 3.05) is 32.7 Å². The zero-order valence-electron chi connectivity index (χ0n) is 19.9. The highest BCUT2D eigenvalue weighted by Gasteiger charge is 2.27. The van der Waals surface area contributed by atoms with Gasteiger partial charge in [-0.25, -0.2) is 4.98 Å². The van der Waals surface area contributed by atoms with Crippen LogP contribution in [0.1, 0.15) is 29.0 Å².